The lowest BCUT2D eigenvalue weighted by atomic mass is 10.1. The zero-order chi connectivity index (χ0) is 11.9. The molecule has 0 saturated heterocycles. The van der Waals surface area contributed by atoms with Crippen LogP contribution in [0.3, 0.4) is 0 Å². The van der Waals surface area contributed by atoms with E-state index < -0.39 is 0 Å². The van der Waals surface area contributed by atoms with E-state index in [1.807, 2.05) is 6.08 Å². The fourth-order valence-electron chi connectivity index (χ4n) is 1.57. The van der Waals surface area contributed by atoms with Crippen LogP contribution in [0, 0.1) is 0 Å². The molecular weight excluding hydrogens is 224 g/mol. The van der Waals surface area contributed by atoms with Crippen molar-refractivity contribution in [1.29, 1.82) is 0 Å². The summed E-state index contributed by atoms with van der Waals surface area (Å²) in [4.78, 5) is 9.32. The normalized spacial score (nSPS) is 11.4. The molecule has 0 aromatic heterocycles. The quantitative estimate of drug-likeness (QED) is 0.167. The van der Waals surface area contributed by atoms with Crippen molar-refractivity contribution in [1.82, 2.24) is 0 Å². The first-order chi connectivity index (χ1) is 7.91. The van der Waals surface area contributed by atoms with Gasteiger partial charge in [-0.1, -0.05) is 44.3 Å². The first-order valence-corrected chi connectivity index (χ1v) is 6.82. The van der Waals surface area contributed by atoms with Crippen LogP contribution in [0.25, 0.3) is 0 Å². The maximum Gasteiger partial charge on any atom is 0.0822 e. The third-order valence-corrected chi connectivity index (χ3v) is 2.65. The Bertz CT molecular complexity index is 149. The van der Waals surface area contributed by atoms with Crippen LogP contribution >= 0.6 is 11.6 Å². The molecule has 0 aromatic rings. The van der Waals surface area contributed by atoms with Crippen LogP contribution in [0.5, 0.6) is 0 Å². The Hall–Kier alpha value is -0.0500. The lowest BCUT2D eigenvalue weighted by molar-refractivity contribution is -0.272. The van der Waals surface area contributed by atoms with Gasteiger partial charge < -0.3 is 0 Å². The molecule has 0 atom stereocenters. The van der Waals surface area contributed by atoms with Crippen molar-refractivity contribution in [2.45, 2.75) is 51.4 Å². The molecule has 0 aliphatic carbocycles. The van der Waals surface area contributed by atoms with Crippen molar-refractivity contribution >= 4 is 11.6 Å². The Morgan fingerprint density at radius 2 is 1.50 bits per heavy atom. The topological polar surface area (TPSA) is 18.5 Å². The molecule has 0 saturated carbocycles. The van der Waals surface area contributed by atoms with Gasteiger partial charge in [0.2, 0.25) is 0 Å². The number of unbranched alkanes of at least 4 members (excludes halogenated alkanes) is 7. The molecule has 0 aliphatic rings. The van der Waals surface area contributed by atoms with Gasteiger partial charge in [-0.2, -0.15) is 0 Å². The number of alkyl halides is 1. The minimum Gasteiger partial charge on any atom is -0.240 e. The van der Waals surface area contributed by atoms with E-state index in [2.05, 4.69) is 11.0 Å². The van der Waals surface area contributed by atoms with Gasteiger partial charge in [0.05, 0.1) is 13.7 Å². The molecule has 96 valence electrons. The van der Waals surface area contributed by atoms with E-state index in [4.69, 9.17) is 16.5 Å². The van der Waals surface area contributed by atoms with Crippen molar-refractivity contribution in [2.75, 3.05) is 19.6 Å². The number of hydrogen-bond acceptors (Lipinski definition) is 2. The van der Waals surface area contributed by atoms with Crippen LogP contribution in [-0.2, 0) is 9.78 Å². The summed E-state index contributed by atoms with van der Waals surface area (Å²) in [5.74, 6) is 0.642. The monoisotopic (exact) mass is 248 g/mol. The molecule has 0 aromatic carbocycles. The SMILES string of the molecule is COOCCCCCCCCC/C=C/CCl. The highest BCUT2D eigenvalue weighted by Crippen LogP contribution is 2.08. The molecule has 0 radical (unpaired) electrons. The van der Waals surface area contributed by atoms with Crippen LogP contribution < -0.4 is 0 Å². The van der Waals surface area contributed by atoms with Crippen LogP contribution in [0.2, 0.25) is 0 Å². The maximum absolute atomic E-state index is 5.53. The second-order valence-corrected chi connectivity index (χ2v) is 4.19. The van der Waals surface area contributed by atoms with Crippen molar-refractivity contribution in [3.05, 3.63) is 12.2 Å². The highest BCUT2D eigenvalue weighted by Gasteiger charge is 1.91. The minimum absolute atomic E-state index is 0.642. The smallest absolute Gasteiger partial charge is 0.0822 e. The molecule has 0 N–H and O–H groups in total. The fourth-order valence-corrected chi connectivity index (χ4v) is 1.70. The average Bonchev–Trinajstić information content (AvgIpc) is 2.31. The Kier molecular flexibility index (Phi) is 14.9. The predicted molar refractivity (Wildman–Crippen MR) is 69.8 cm³/mol. The molecular formula is C13H25ClO2. The first-order valence-electron chi connectivity index (χ1n) is 6.28. The molecule has 0 fully saturated rings. The zero-order valence-corrected chi connectivity index (χ0v) is 11.2. The standard InChI is InChI=1S/C13H25ClO2/c1-15-16-13-11-9-7-5-3-2-4-6-8-10-12-14/h8,10H,2-7,9,11-13H2,1H3/b10-8+. The molecule has 0 unspecified atom stereocenters. The van der Waals surface area contributed by atoms with Gasteiger partial charge in [-0.25, -0.2) is 9.78 Å². The zero-order valence-electron chi connectivity index (χ0n) is 10.4. The summed E-state index contributed by atoms with van der Waals surface area (Å²) in [6.45, 7) is 0.722. The van der Waals surface area contributed by atoms with Gasteiger partial charge in [0.25, 0.3) is 0 Å². The average molecular weight is 249 g/mol. The van der Waals surface area contributed by atoms with Crippen LogP contribution in [0.1, 0.15) is 51.4 Å². The van der Waals surface area contributed by atoms with Crippen molar-refractivity contribution in [2.24, 2.45) is 0 Å². The van der Waals surface area contributed by atoms with E-state index in [0.717, 1.165) is 13.0 Å². The largest absolute Gasteiger partial charge is 0.240 e. The molecule has 0 rings (SSSR count). The van der Waals surface area contributed by atoms with E-state index in [1.165, 1.54) is 44.9 Å². The van der Waals surface area contributed by atoms with E-state index in [1.54, 1.807) is 7.11 Å². The van der Waals surface area contributed by atoms with Crippen LogP contribution in [0.4, 0.5) is 0 Å². The van der Waals surface area contributed by atoms with E-state index >= 15 is 0 Å². The van der Waals surface area contributed by atoms with Gasteiger partial charge in [-0.05, 0) is 19.3 Å². The van der Waals surface area contributed by atoms with Gasteiger partial charge in [-0.15, -0.1) is 11.6 Å². The van der Waals surface area contributed by atoms with Gasteiger partial charge in [0, 0.05) is 5.88 Å². The molecule has 2 nitrogen and oxygen atoms in total. The minimum atomic E-state index is 0.642. The first kappa shape index (κ1) is 16.0. The molecule has 0 amide bonds. The molecule has 0 bridgehead atoms. The second-order valence-electron chi connectivity index (χ2n) is 3.88. The predicted octanol–water partition coefficient (Wildman–Crippen LogP) is 4.48. The van der Waals surface area contributed by atoms with Crippen molar-refractivity contribution in [3.63, 3.8) is 0 Å². The van der Waals surface area contributed by atoms with Gasteiger partial charge in [0.1, 0.15) is 0 Å². The molecule has 0 heterocycles. The highest BCUT2D eigenvalue weighted by atomic mass is 35.5. The van der Waals surface area contributed by atoms with E-state index in [9.17, 15) is 0 Å². The van der Waals surface area contributed by atoms with Crippen LogP contribution in [-0.4, -0.2) is 19.6 Å². The number of hydrogen-bond donors (Lipinski definition) is 0. The summed E-state index contributed by atoms with van der Waals surface area (Å²) in [6.07, 6.45) is 14.3. The third-order valence-electron chi connectivity index (χ3n) is 2.47. The van der Waals surface area contributed by atoms with Crippen molar-refractivity contribution < 1.29 is 9.78 Å². The van der Waals surface area contributed by atoms with Gasteiger partial charge in [-0.3, -0.25) is 0 Å². The summed E-state index contributed by atoms with van der Waals surface area (Å²) in [5.41, 5.74) is 0. The van der Waals surface area contributed by atoms with Gasteiger partial charge >= 0.3 is 0 Å². The fraction of sp³-hybridized carbons (Fsp3) is 0.846. The number of allylic oxidation sites excluding steroid dienone is 2. The summed E-state index contributed by atoms with van der Waals surface area (Å²) in [5, 5.41) is 0. The second kappa shape index (κ2) is 14.9. The molecule has 16 heavy (non-hydrogen) atoms. The Labute approximate surface area is 105 Å². The Morgan fingerprint density at radius 1 is 0.875 bits per heavy atom. The van der Waals surface area contributed by atoms with E-state index in [0.29, 0.717) is 5.88 Å². The lowest BCUT2D eigenvalue weighted by Crippen LogP contribution is -1.92. The lowest BCUT2D eigenvalue weighted by Gasteiger charge is -2.01. The highest BCUT2D eigenvalue weighted by molar-refractivity contribution is 6.18. The summed E-state index contributed by atoms with van der Waals surface area (Å²) in [6, 6.07) is 0. The summed E-state index contributed by atoms with van der Waals surface area (Å²) >= 11 is 5.53. The summed E-state index contributed by atoms with van der Waals surface area (Å²) < 4.78 is 0. The number of rotatable bonds is 12. The van der Waals surface area contributed by atoms with Crippen LogP contribution in [0.15, 0.2) is 12.2 Å². The number of halogens is 1. The molecule has 0 spiro atoms. The van der Waals surface area contributed by atoms with E-state index in [-0.39, 0.29) is 0 Å². The summed E-state index contributed by atoms with van der Waals surface area (Å²) in [7, 11) is 1.55. The molecule has 0 aliphatic heterocycles. The van der Waals surface area contributed by atoms with Crippen molar-refractivity contribution in [3.8, 4) is 0 Å². The van der Waals surface area contributed by atoms with Gasteiger partial charge in [0.15, 0.2) is 0 Å². The third kappa shape index (κ3) is 13.9. The Morgan fingerprint density at radius 3 is 2.12 bits per heavy atom. The maximum atomic E-state index is 5.53. The Balaban J connectivity index is 2.90. The molecule has 3 heteroatoms.